The molecule has 1 amide bonds. The van der Waals surface area contributed by atoms with Gasteiger partial charge in [0, 0.05) is 0 Å². The lowest BCUT2D eigenvalue weighted by Gasteiger charge is -2.22. The van der Waals surface area contributed by atoms with Crippen LogP contribution in [0.3, 0.4) is 0 Å². The molecule has 6 heteroatoms. The monoisotopic (exact) mass is 295 g/mol. The lowest BCUT2D eigenvalue weighted by Crippen LogP contribution is -2.41. The summed E-state index contributed by atoms with van der Waals surface area (Å²) in [4.78, 5) is 23.5. The predicted molar refractivity (Wildman–Crippen MR) is 80.4 cm³/mol. The lowest BCUT2D eigenvalue weighted by molar-refractivity contribution is -0.139. The number of rotatable bonds is 6. The average Bonchev–Trinajstić information content (AvgIpc) is 2.81. The van der Waals surface area contributed by atoms with Crippen LogP contribution in [0.4, 0.5) is 0 Å². The maximum Gasteiger partial charge on any atom is 0.326 e. The molecule has 0 aliphatic rings. The van der Waals surface area contributed by atoms with E-state index < -0.39 is 12.0 Å². The van der Waals surface area contributed by atoms with Crippen LogP contribution in [0.25, 0.3) is 0 Å². The van der Waals surface area contributed by atoms with Crippen LogP contribution in [0.2, 0.25) is 0 Å². The molecule has 1 aromatic rings. The van der Waals surface area contributed by atoms with Gasteiger partial charge in [0.2, 0.25) is 0 Å². The van der Waals surface area contributed by atoms with Crippen LogP contribution in [0.15, 0.2) is 6.20 Å². The van der Waals surface area contributed by atoms with Crippen molar-refractivity contribution >= 4 is 11.9 Å². The molecule has 1 heterocycles. The molecule has 0 spiro atoms. The van der Waals surface area contributed by atoms with Gasteiger partial charge >= 0.3 is 5.97 Å². The van der Waals surface area contributed by atoms with E-state index in [1.54, 1.807) is 0 Å². The number of nitrogens with zero attached hydrogens (tertiary/aromatic N) is 2. The fourth-order valence-electron chi connectivity index (χ4n) is 2.26. The standard InChI is InChI=1S/C15H25N3O3/c1-6-8-11(14(20)21)17-13(19)10-9-16-18(12(10)7-2)15(3,4)5/h9,11H,6-8H2,1-5H3,(H,17,19)(H,20,21). The van der Waals surface area contributed by atoms with Gasteiger partial charge < -0.3 is 10.4 Å². The number of carboxylic acid groups (broad SMARTS) is 1. The smallest absolute Gasteiger partial charge is 0.326 e. The second-order valence-electron chi connectivity index (χ2n) is 6.09. The van der Waals surface area contributed by atoms with E-state index in [0.717, 1.165) is 5.69 Å². The third-order valence-corrected chi connectivity index (χ3v) is 3.26. The minimum absolute atomic E-state index is 0.223. The minimum Gasteiger partial charge on any atom is -0.480 e. The van der Waals surface area contributed by atoms with Crippen molar-refractivity contribution in [2.45, 2.75) is 65.5 Å². The average molecular weight is 295 g/mol. The molecule has 0 saturated heterocycles. The van der Waals surface area contributed by atoms with Gasteiger partial charge in [0.05, 0.1) is 23.0 Å². The number of aliphatic carboxylic acids is 1. The number of carbonyl (C=O) groups excluding carboxylic acids is 1. The quantitative estimate of drug-likeness (QED) is 0.842. The molecule has 118 valence electrons. The zero-order valence-corrected chi connectivity index (χ0v) is 13.4. The molecule has 1 rings (SSSR count). The Hall–Kier alpha value is -1.85. The summed E-state index contributed by atoms with van der Waals surface area (Å²) in [6.07, 6.45) is 3.28. The second-order valence-corrected chi connectivity index (χ2v) is 6.09. The molecular formula is C15H25N3O3. The normalized spacial score (nSPS) is 13.0. The fourth-order valence-corrected chi connectivity index (χ4v) is 2.26. The number of nitrogens with one attached hydrogen (secondary N) is 1. The van der Waals surface area contributed by atoms with Gasteiger partial charge in [-0.05, 0) is 33.6 Å². The molecule has 0 saturated carbocycles. The van der Waals surface area contributed by atoms with Crippen molar-refractivity contribution in [1.29, 1.82) is 0 Å². The van der Waals surface area contributed by atoms with E-state index in [9.17, 15) is 9.59 Å². The zero-order valence-electron chi connectivity index (χ0n) is 13.4. The fraction of sp³-hybridized carbons (Fsp3) is 0.667. The van der Waals surface area contributed by atoms with Crippen molar-refractivity contribution in [1.82, 2.24) is 15.1 Å². The Bertz CT molecular complexity index is 515. The topological polar surface area (TPSA) is 84.2 Å². The van der Waals surface area contributed by atoms with Crippen molar-refractivity contribution in [3.63, 3.8) is 0 Å². The highest BCUT2D eigenvalue weighted by atomic mass is 16.4. The van der Waals surface area contributed by atoms with Crippen LogP contribution >= 0.6 is 0 Å². The third-order valence-electron chi connectivity index (χ3n) is 3.26. The van der Waals surface area contributed by atoms with Gasteiger partial charge in [-0.2, -0.15) is 5.10 Å². The van der Waals surface area contributed by atoms with Gasteiger partial charge in [-0.1, -0.05) is 20.3 Å². The van der Waals surface area contributed by atoms with Crippen LogP contribution in [0, 0.1) is 0 Å². The molecule has 1 aromatic heterocycles. The Labute approximate surface area is 125 Å². The summed E-state index contributed by atoms with van der Waals surface area (Å²) in [6.45, 7) is 9.88. The van der Waals surface area contributed by atoms with E-state index in [4.69, 9.17) is 5.11 Å². The third kappa shape index (κ3) is 4.06. The highest BCUT2D eigenvalue weighted by molar-refractivity contribution is 5.97. The second kappa shape index (κ2) is 6.74. The van der Waals surface area contributed by atoms with E-state index in [1.807, 2.05) is 39.3 Å². The number of carboxylic acids is 1. The summed E-state index contributed by atoms with van der Waals surface area (Å²) in [5.41, 5.74) is 1.05. The molecule has 2 N–H and O–H groups in total. The van der Waals surface area contributed by atoms with Gasteiger partial charge in [-0.3, -0.25) is 9.48 Å². The van der Waals surface area contributed by atoms with Crippen molar-refractivity contribution in [3.8, 4) is 0 Å². The Morgan fingerprint density at radius 3 is 2.43 bits per heavy atom. The van der Waals surface area contributed by atoms with Crippen LogP contribution in [0.1, 0.15) is 63.5 Å². The first-order valence-corrected chi connectivity index (χ1v) is 7.33. The maximum absolute atomic E-state index is 12.3. The number of carbonyl (C=O) groups is 2. The number of hydrogen-bond acceptors (Lipinski definition) is 3. The van der Waals surface area contributed by atoms with E-state index in [0.29, 0.717) is 24.8 Å². The van der Waals surface area contributed by atoms with Crippen molar-refractivity contribution < 1.29 is 14.7 Å². The molecule has 0 bridgehead atoms. The molecule has 0 aliphatic heterocycles. The molecule has 0 aliphatic carbocycles. The molecule has 0 aromatic carbocycles. The summed E-state index contributed by atoms with van der Waals surface area (Å²) in [7, 11) is 0. The first-order valence-electron chi connectivity index (χ1n) is 7.33. The van der Waals surface area contributed by atoms with Gasteiger partial charge in [-0.25, -0.2) is 4.79 Å². The maximum atomic E-state index is 12.3. The Morgan fingerprint density at radius 2 is 2.00 bits per heavy atom. The first kappa shape index (κ1) is 17.2. The Morgan fingerprint density at radius 1 is 1.38 bits per heavy atom. The summed E-state index contributed by atoms with van der Waals surface area (Å²) in [5, 5.41) is 16.0. The minimum atomic E-state index is -1.01. The number of amides is 1. The lowest BCUT2D eigenvalue weighted by atomic mass is 10.1. The largest absolute Gasteiger partial charge is 0.480 e. The van der Waals surface area contributed by atoms with Gasteiger partial charge in [0.15, 0.2) is 0 Å². The van der Waals surface area contributed by atoms with Crippen LogP contribution in [-0.2, 0) is 16.8 Å². The van der Waals surface area contributed by atoms with Gasteiger partial charge in [0.1, 0.15) is 6.04 Å². The zero-order chi connectivity index (χ0) is 16.2. The molecule has 0 fully saturated rings. The summed E-state index contributed by atoms with van der Waals surface area (Å²) < 4.78 is 1.82. The highest BCUT2D eigenvalue weighted by Crippen LogP contribution is 2.19. The molecular weight excluding hydrogens is 270 g/mol. The summed E-state index contributed by atoms with van der Waals surface area (Å²) >= 11 is 0. The van der Waals surface area contributed by atoms with Crippen molar-refractivity contribution in [2.24, 2.45) is 0 Å². The molecule has 1 unspecified atom stereocenters. The molecule has 1 atom stereocenters. The predicted octanol–water partition coefficient (Wildman–Crippen LogP) is 2.18. The SMILES string of the molecule is CCCC(NC(=O)c1cnn(C(C)(C)C)c1CC)C(=O)O. The van der Waals surface area contributed by atoms with E-state index in [2.05, 4.69) is 10.4 Å². The molecule has 0 radical (unpaired) electrons. The number of hydrogen-bond donors (Lipinski definition) is 2. The number of aromatic nitrogens is 2. The Kier molecular flexibility index (Phi) is 5.52. The van der Waals surface area contributed by atoms with Gasteiger partial charge in [0.25, 0.3) is 5.91 Å². The highest BCUT2D eigenvalue weighted by Gasteiger charge is 2.25. The van der Waals surface area contributed by atoms with Crippen molar-refractivity contribution in [2.75, 3.05) is 0 Å². The summed E-state index contributed by atoms with van der Waals surface area (Å²) in [5.74, 6) is -1.38. The van der Waals surface area contributed by atoms with Crippen LogP contribution < -0.4 is 5.32 Å². The van der Waals surface area contributed by atoms with Crippen LogP contribution in [0.5, 0.6) is 0 Å². The molecule has 6 nitrogen and oxygen atoms in total. The van der Waals surface area contributed by atoms with Crippen LogP contribution in [-0.4, -0.2) is 32.8 Å². The molecule has 21 heavy (non-hydrogen) atoms. The van der Waals surface area contributed by atoms with E-state index >= 15 is 0 Å². The van der Waals surface area contributed by atoms with Gasteiger partial charge in [-0.15, -0.1) is 0 Å². The van der Waals surface area contributed by atoms with Crippen molar-refractivity contribution in [3.05, 3.63) is 17.5 Å². The Balaban J connectivity index is 3.03. The van der Waals surface area contributed by atoms with E-state index in [-0.39, 0.29) is 11.4 Å². The first-order chi connectivity index (χ1) is 9.72. The summed E-state index contributed by atoms with van der Waals surface area (Å²) in [6, 6.07) is -0.856. The van der Waals surface area contributed by atoms with E-state index in [1.165, 1.54) is 6.20 Å².